The Bertz CT molecular complexity index is 897. The molecular weight excluding hydrogens is 335 g/mol. The molecule has 2 heterocycles. The van der Waals surface area contributed by atoms with Crippen molar-refractivity contribution in [1.82, 2.24) is 4.90 Å². The molecule has 0 bridgehead atoms. The molecular formula is C17H12F3N3O2. The Balaban J connectivity index is 1.96. The van der Waals surface area contributed by atoms with Gasteiger partial charge in [-0.2, -0.15) is 13.2 Å². The minimum Gasteiger partial charge on any atom is -0.350 e. The Morgan fingerprint density at radius 2 is 1.60 bits per heavy atom. The molecule has 0 fully saturated rings. The first-order chi connectivity index (χ1) is 11.8. The van der Waals surface area contributed by atoms with Gasteiger partial charge in [0.2, 0.25) is 5.66 Å². The summed E-state index contributed by atoms with van der Waals surface area (Å²) in [6.07, 6.45) is -4.66. The third-order valence-corrected chi connectivity index (χ3v) is 4.35. The fourth-order valence-corrected chi connectivity index (χ4v) is 3.34. The van der Waals surface area contributed by atoms with Gasteiger partial charge in [-0.25, -0.2) is 0 Å². The summed E-state index contributed by atoms with van der Waals surface area (Å²) in [7, 11) is 0. The first-order valence-corrected chi connectivity index (χ1v) is 7.50. The number of carbonyl (C=O) groups excluding carboxylic acids is 2. The predicted octanol–water partition coefficient (Wildman–Crippen LogP) is 2.92. The largest absolute Gasteiger partial charge is 0.406 e. The molecule has 0 unspecified atom stereocenters. The summed E-state index contributed by atoms with van der Waals surface area (Å²) >= 11 is 0. The van der Waals surface area contributed by atoms with Crippen LogP contribution in [0, 0.1) is 0 Å². The van der Waals surface area contributed by atoms with Crippen LogP contribution in [0.3, 0.4) is 0 Å². The molecule has 8 heteroatoms. The highest BCUT2D eigenvalue weighted by Gasteiger charge is 2.58. The second-order valence-electron chi connectivity index (χ2n) is 5.89. The third-order valence-electron chi connectivity index (χ3n) is 4.35. The molecule has 1 atom stereocenters. The van der Waals surface area contributed by atoms with Crippen LogP contribution in [0.1, 0.15) is 15.9 Å². The molecule has 0 radical (unpaired) electrons. The van der Waals surface area contributed by atoms with Gasteiger partial charge in [0.1, 0.15) is 6.54 Å². The van der Waals surface area contributed by atoms with E-state index in [9.17, 15) is 22.8 Å². The van der Waals surface area contributed by atoms with Gasteiger partial charge in [-0.15, -0.1) is 0 Å². The summed E-state index contributed by atoms with van der Waals surface area (Å²) in [5.74, 6) is -1.57. The average molecular weight is 347 g/mol. The molecule has 2 amide bonds. The molecule has 2 aromatic rings. The van der Waals surface area contributed by atoms with Crippen LogP contribution in [0.5, 0.6) is 0 Å². The molecule has 1 spiro atoms. The number of hydrogen-bond acceptors (Lipinski definition) is 3. The zero-order valence-electron chi connectivity index (χ0n) is 12.7. The van der Waals surface area contributed by atoms with Crippen molar-refractivity contribution < 1.29 is 22.8 Å². The summed E-state index contributed by atoms with van der Waals surface area (Å²) in [5.41, 5.74) is -0.865. The number of fused-ring (bicyclic) bond motifs is 3. The van der Waals surface area contributed by atoms with E-state index in [1.165, 1.54) is 12.1 Å². The molecule has 0 saturated heterocycles. The highest BCUT2D eigenvalue weighted by atomic mass is 19.4. The summed E-state index contributed by atoms with van der Waals surface area (Å²) < 4.78 is 39.5. The lowest BCUT2D eigenvalue weighted by molar-refractivity contribution is -0.155. The van der Waals surface area contributed by atoms with E-state index in [0.717, 1.165) is 0 Å². The maximum atomic E-state index is 13.2. The summed E-state index contributed by atoms with van der Waals surface area (Å²) in [6.45, 7) is -1.55. The molecule has 5 nitrogen and oxygen atoms in total. The highest BCUT2D eigenvalue weighted by molar-refractivity contribution is 6.14. The third kappa shape index (κ3) is 2.17. The fraction of sp³-hybridized carbons (Fsp3) is 0.176. The number of rotatable bonds is 1. The van der Waals surface area contributed by atoms with Crippen molar-refractivity contribution in [3.63, 3.8) is 0 Å². The van der Waals surface area contributed by atoms with Gasteiger partial charge in [-0.1, -0.05) is 30.3 Å². The predicted molar refractivity (Wildman–Crippen MR) is 83.9 cm³/mol. The molecule has 0 aliphatic carbocycles. The number of anilines is 2. The fourth-order valence-electron chi connectivity index (χ4n) is 3.34. The lowest BCUT2D eigenvalue weighted by Crippen LogP contribution is -2.63. The van der Waals surface area contributed by atoms with Gasteiger partial charge in [0.15, 0.2) is 0 Å². The number of hydrogen-bond donors (Lipinski definition) is 2. The molecule has 2 aromatic carbocycles. The molecule has 2 aliphatic rings. The summed E-state index contributed by atoms with van der Waals surface area (Å²) in [4.78, 5) is 26.1. The lowest BCUT2D eigenvalue weighted by atomic mass is 9.93. The lowest BCUT2D eigenvalue weighted by Gasteiger charge is -2.44. The van der Waals surface area contributed by atoms with E-state index < -0.39 is 30.2 Å². The molecule has 0 saturated carbocycles. The van der Waals surface area contributed by atoms with Gasteiger partial charge in [-0.3, -0.25) is 14.5 Å². The second-order valence-corrected chi connectivity index (χ2v) is 5.89. The van der Waals surface area contributed by atoms with Crippen molar-refractivity contribution >= 4 is 23.2 Å². The SMILES string of the molecule is O=C1c2ccccc2N[C@]2(C(=O)Nc3ccccc32)N1CC(F)(F)F. The average Bonchev–Trinajstić information content (AvgIpc) is 2.83. The normalized spacial score (nSPS) is 21.6. The zero-order chi connectivity index (χ0) is 17.8. The van der Waals surface area contributed by atoms with Crippen molar-refractivity contribution in [3.8, 4) is 0 Å². The Morgan fingerprint density at radius 1 is 0.960 bits per heavy atom. The number of halogens is 3. The van der Waals surface area contributed by atoms with E-state index in [-0.39, 0.29) is 11.1 Å². The number of benzene rings is 2. The first kappa shape index (κ1) is 15.5. The van der Waals surface area contributed by atoms with Crippen LogP contribution >= 0.6 is 0 Å². The van der Waals surface area contributed by atoms with E-state index in [1.807, 2.05) is 0 Å². The van der Waals surface area contributed by atoms with Crippen molar-refractivity contribution in [3.05, 3.63) is 59.7 Å². The highest BCUT2D eigenvalue weighted by Crippen LogP contribution is 2.46. The number of nitrogens with zero attached hydrogens (tertiary/aromatic N) is 1. The first-order valence-electron chi connectivity index (χ1n) is 7.50. The van der Waals surface area contributed by atoms with Crippen molar-refractivity contribution in [2.75, 3.05) is 17.2 Å². The Kier molecular flexibility index (Phi) is 3.09. The zero-order valence-corrected chi connectivity index (χ0v) is 12.7. The minimum atomic E-state index is -4.66. The maximum Gasteiger partial charge on any atom is 0.406 e. The van der Waals surface area contributed by atoms with Gasteiger partial charge < -0.3 is 10.6 Å². The van der Waals surface area contributed by atoms with Gasteiger partial charge in [0, 0.05) is 16.9 Å². The molecule has 2 N–H and O–H groups in total. The van der Waals surface area contributed by atoms with Crippen molar-refractivity contribution in [2.24, 2.45) is 0 Å². The van der Waals surface area contributed by atoms with E-state index in [2.05, 4.69) is 10.6 Å². The molecule has 128 valence electrons. The van der Waals surface area contributed by atoms with Crippen LogP contribution in [0.15, 0.2) is 48.5 Å². The second kappa shape index (κ2) is 4.98. The van der Waals surface area contributed by atoms with Crippen LogP contribution in [0.2, 0.25) is 0 Å². The molecule has 2 aliphatic heterocycles. The van der Waals surface area contributed by atoms with E-state index in [0.29, 0.717) is 16.3 Å². The van der Waals surface area contributed by atoms with E-state index in [1.54, 1.807) is 36.4 Å². The number of nitrogens with one attached hydrogen (secondary N) is 2. The van der Waals surface area contributed by atoms with Crippen LogP contribution in [0.25, 0.3) is 0 Å². The topological polar surface area (TPSA) is 61.4 Å². The maximum absolute atomic E-state index is 13.2. The van der Waals surface area contributed by atoms with Crippen LogP contribution in [0.4, 0.5) is 24.5 Å². The van der Waals surface area contributed by atoms with E-state index >= 15 is 0 Å². The minimum absolute atomic E-state index is 0.0922. The Morgan fingerprint density at radius 3 is 2.32 bits per heavy atom. The van der Waals surface area contributed by atoms with Gasteiger partial charge in [-0.05, 0) is 18.2 Å². The molecule has 25 heavy (non-hydrogen) atoms. The van der Waals surface area contributed by atoms with Gasteiger partial charge in [0.25, 0.3) is 11.8 Å². The number of amides is 2. The van der Waals surface area contributed by atoms with Crippen molar-refractivity contribution in [2.45, 2.75) is 11.8 Å². The molecule has 4 rings (SSSR count). The van der Waals surface area contributed by atoms with Crippen LogP contribution in [-0.2, 0) is 10.5 Å². The Hall–Kier alpha value is -3.03. The standard InChI is InChI=1S/C17H12F3N3O2/c18-16(19,20)9-23-14(24)10-5-1-3-7-12(10)22-17(23)11-6-2-4-8-13(11)21-15(17)25/h1-8,22H,9H2,(H,21,25)/t17-/m0/s1. The van der Waals surface area contributed by atoms with Crippen molar-refractivity contribution in [1.29, 1.82) is 0 Å². The van der Waals surface area contributed by atoms with Gasteiger partial charge >= 0.3 is 6.18 Å². The number of para-hydroxylation sites is 2. The van der Waals surface area contributed by atoms with Gasteiger partial charge in [0.05, 0.1) is 5.56 Å². The Labute approximate surface area is 140 Å². The van der Waals surface area contributed by atoms with E-state index in [4.69, 9.17) is 0 Å². The smallest absolute Gasteiger partial charge is 0.350 e. The monoisotopic (exact) mass is 347 g/mol. The van der Waals surface area contributed by atoms with Crippen LogP contribution < -0.4 is 10.6 Å². The van der Waals surface area contributed by atoms with Crippen LogP contribution in [-0.4, -0.2) is 29.4 Å². The summed E-state index contributed by atoms with van der Waals surface area (Å²) in [6, 6.07) is 12.6. The quantitative estimate of drug-likeness (QED) is 0.834. The number of alkyl halides is 3. The molecule has 0 aromatic heterocycles. The summed E-state index contributed by atoms with van der Waals surface area (Å²) in [5, 5.41) is 5.44. The number of carbonyl (C=O) groups is 2.